The van der Waals surface area contributed by atoms with Gasteiger partial charge in [-0.15, -0.1) is 0 Å². The minimum atomic E-state index is 0.988. The Bertz CT molecular complexity index is 1920. The van der Waals surface area contributed by atoms with Gasteiger partial charge in [0.05, 0.1) is 0 Å². The smallest absolute Gasteiger partial charge is 0.212 e. The van der Waals surface area contributed by atoms with Gasteiger partial charge in [-0.25, -0.2) is 0 Å². The molecular formula is C42H44N4S2+2. The van der Waals surface area contributed by atoms with E-state index in [2.05, 4.69) is 193 Å². The van der Waals surface area contributed by atoms with Crippen LogP contribution in [0.15, 0.2) is 121 Å². The summed E-state index contributed by atoms with van der Waals surface area (Å²) in [5.41, 5.74) is 9.80. The lowest BCUT2D eigenvalue weighted by molar-refractivity contribution is -0.646. The van der Waals surface area contributed by atoms with Gasteiger partial charge in [-0.1, -0.05) is 82.3 Å². The highest BCUT2D eigenvalue weighted by atomic mass is 33.1. The first-order valence-corrected chi connectivity index (χ1v) is 18.9. The van der Waals surface area contributed by atoms with Crippen molar-refractivity contribution in [2.75, 3.05) is 48.5 Å². The molecule has 6 heteroatoms. The van der Waals surface area contributed by atoms with E-state index in [1.807, 2.05) is 21.6 Å². The van der Waals surface area contributed by atoms with Gasteiger partial charge < -0.3 is 9.80 Å². The van der Waals surface area contributed by atoms with Crippen LogP contribution >= 0.6 is 21.6 Å². The number of hydrogen-bond donors (Lipinski definition) is 0. The summed E-state index contributed by atoms with van der Waals surface area (Å²) < 4.78 is 4.51. The number of pyridine rings is 2. The highest BCUT2D eigenvalue weighted by Crippen LogP contribution is 2.27. The number of benzene rings is 4. The average Bonchev–Trinajstić information content (AvgIpc) is 3.13. The quantitative estimate of drug-likeness (QED) is 0.0693. The molecule has 0 aliphatic heterocycles. The van der Waals surface area contributed by atoms with Gasteiger partial charge in [0.2, 0.25) is 22.4 Å². The van der Waals surface area contributed by atoms with Crippen molar-refractivity contribution in [3.63, 3.8) is 0 Å². The molecular weight excluding hydrogens is 625 g/mol. The molecule has 6 aromatic rings. The highest BCUT2D eigenvalue weighted by Gasteiger charge is 2.12. The van der Waals surface area contributed by atoms with Crippen LogP contribution < -0.4 is 18.9 Å². The van der Waals surface area contributed by atoms with Gasteiger partial charge in [-0.3, -0.25) is 0 Å². The lowest BCUT2D eigenvalue weighted by Crippen LogP contribution is -2.32. The van der Waals surface area contributed by atoms with Crippen molar-refractivity contribution >= 4 is 79.1 Å². The monoisotopic (exact) mass is 668 g/mol. The second kappa shape index (κ2) is 16.1. The van der Waals surface area contributed by atoms with Crippen LogP contribution in [-0.2, 0) is 14.1 Å². The maximum Gasteiger partial charge on any atom is 0.212 e. The summed E-state index contributed by atoms with van der Waals surface area (Å²) in [4.78, 5) is 4.75. The van der Waals surface area contributed by atoms with Crippen molar-refractivity contribution < 1.29 is 9.13 Å². The van der Waals surface area contributed by atoms with E-state index in [1.54, 1.807) is 0 Å². The zero-order valence-electron chi connectivity index (χ0n) is 28.3. The third-order valence-corrected chi connectivity index (χ3v) is 11.3. The van der Waals surface area contributed by atoms with Crippen molar-refractivity contribution in [2.24, 2.45) is 14.1 Å². The molecule has 0 saturated heterocycles. The van der Waals surface area contributed by atoms with E-state index in [-0.39, 0.29) is 0 Å². The summed E-state index contributed by atoms with van der Waals surface area (Å²) in [6, 6.07) is 43.2. The minimum Gasteiger partial charge on any atom is -0.373 e. The fourth-order valence-corrected chi connectivity index (χ4v) is 8.15. The Morgan fingerprint density at radius 2 is 0.875 bits per heavy atom. The van der Waals surface area contributed by atoms with E-state index < -0.39 is 0 Å². The molecule has 0 aliphatic carbocycles. The number of aryl methyl sites for hydroxylation is 2. The maximum absolute atomic E-state index is 2.37. The molecule has 4 nitrogen and oxygen atoms in total. The predicted molar refractivity (Wildman–Crippen MR) is 212 cm³/mol. The molecule has 6 rings (SSSR count). The molecule has 0 amide bonds. The molecule has 0 unspecified atom stereocenters. The number of rotatable bonds is 13. The molecule has 4 aromatic carbocycles. The number of anilines is 2. The molecule has 0 N–H and O–H groups in total. The Labute approximate surface area is 293 Å². The predicted octanol–water partition coefficient (Wildman–Crippen LogP) is 8.94. The van der Waals surface area contributed by atoms with Gasteiger partial charge in [0, 0.05) is 97.3 Å². The van der Waals surface area contributed by atoms with Gasteiger partial charge in [-0.2, -0.15) is 9.13 Å². The van der Waals surface area contributed by atoms with Crippen LogP contribution in [0, 0.1) is 0 Å². The van der Waals surface area contributed by atoms with Crippen LogP contribution in [0.2, 0.25) is 0 Å². The Hall–Kier alpha value is -4.52. The maximum atomic E-state index is 2.37. The van der Waals surface area contributed by atoms with E-state index in [1.165, 1.54) is 55.7 Å². The Morgan fingerprint density at radius 3 is 1.33 bits per heavy atom. The first kappa shape index (κ1) is 33.4. The van der Waals surface area contributed by atoms with E-state index in [4.69, 9.17) is 0 Å². The van der Waals surface area contributed by atoms with Crippen LogP contribution in [0.5, 0.6) is 0 Å². The number of para-hydroxylation sites is 4. The van der Waals surface area contributed by atoms with Crippen LogP contribution in [0.3, 0.4) is 0 Å². The lowest BCUT2D eigenvalue weighted by atomic mass is 10.1. The summed E-state index contributed by atoms with van der Waals surface area (Å²) in [5.74, 6) is 2.12. The standard InChI is InChI=1S/C42H44N4S2/c1-43(39-17-9-5-13-33(39)21-25-37-27-23-35-15-7-11-19-41(35)45(37)3)29-31-47-48-32-30-44(2)40-18-10-6-14-34(40)22-26-38-28-24-36-16-8-12-20-42(36)46(38)4/h5-28H,29-32H2,1-4H3/q+2. The number of nitrogens with zero attached hydrogens (tertiary/aromatic N) is 4. The molecule has 2 aromatic heterocycles. The Morgan fingerprint density at radius 1 is 0.479 bits per heavy atom. The molecule has 2 heterocycles. The molecule has 0 spiro atoms. The highest BCUT2D eigenvalue weighted by molar-refractivity contribution is 8.76. The Balaban J connectivity index is 0.996. The zero-order valence-corrected chi connectivity index (χ0v) is 29.9. The fraction of sp³-hybridized carbons (Fsp3) is 0.190. The van der Waals surface area contributed by atoms with Crippen molar-refractivity contribution in [2.45, 2.75) is 0 Å². The van der Waals surface area contributed by atoms with E-state index in [9.17, 15) is 0 Å². The molecule has 0 saturated carbocycles. The summed E-state index contributed by atoms with van der Waals surface area (Å²) in [7, 11) is 12.6. The second-order valence-corrected chi connectivity index (χ2v) is 14.7. The van der Waals surface area contributed by atoms with Crippen molar-refractivity contribution in [3.05, 3.63) is 144 Å². The second-order valence-electron chi connectivity index (χ2n) is 12.0. The van der Waals surface area contributed by atoms with Crippen molar-refractivity contribution in [3.8, 4) is 0 Å². The first-order chi connectivity index (χ1) is 23.5. The SMILES string of the molecule is CN(CCSSCCN(C)c1ccccc1/C=C/c1ccc2ccccc2[n+]1C)c1ccccc1/C=C/c1ccc2ccccc2[n+]1C. The number of hydrogen-bond acceptors (Lipinski definition) is 4. The van der Waals surface area contributed by atoms with Gasteiger partial charge in [0.15, 0.2) is 0 Å². The average molecular weight is 669 g/mol. The van der Waals surface area contributed by atoms with Crippen LogP contribution in [-0.4, -0.2) is 38.7 Å². The van der Waals surface area contributed by atoms with Crippen LogP contribution in [0.25, 0.3) is 46.1 Å². The van der Waals surface area contributed by atoms with Crippen LogP contribution in [0.1, 0.15) is 22.5 Å². The molecule has 0 atom stereocenters. The van der Waals surface area contributed by atoms with Crippen LogP contribution in [0.4, 0.5) is 11.4 Å². The normalized spacial score (nSPS) is 11.7. The number of aromatic nitrogens is 2. The summed E-state index contributed by atoms with van der Waals surface area (Å²) in [6.45, 7) is 1.98. The van der Waals surface area contributed by atoms with E-state index in [0.29, 0.717) is 0 Å². The molecule has 0 fully saturated rings. The largest absolute Gasteiger partial charge is 0.373 e. The lowest BCUT2D eigenvalue weighted by Gasteiger charge is -2.22. The molecule has 0 aliphatic rings. The van der Waals surface area contributed by atoms with Gasteiger partial charge in [-0.05, 0) is 59.7 Å². The molecule has 48 heavy (non-hydrogen) atoms. The fourth-order valence-electron chi connectivity index (χ4n) is 6.06. The Kier molecular flexibility index (Phi) is 11.2. The van der Waals surface area contributed by atoms with Gasteiger partial charge in [0.1, 0.15) is 14.1 Å². The minimum absolute atomic E-state index is 0.988. The van der Waals surface area contributed by atoms with Gasteiger partial charge >= 0.3 is 0 Å². The summed E-state index contributed by atoms with van der Waals surface area (Å²) >= 11 is 0. The summed E-state index contributed by atoms with van der Waals surface area (Å²) in [5, 5.41) is 2.51. The van der Waals surface area contributed by atoms with Crippen molar-refractivity contribution in [1.29, 1.82) is 0 Å². The summed E-state index contributed by atoms with van der Waals surface area (Å²) in [6.07, 6.45) is 8.92. The van der Waals surface area contributed by atoms with E-state index in [0.717, 1.165) is 24.6 Å². The van der Waals surface area contributed by atoms with E-state index >= 15 is 0 Å². The number of fused-ring (bicyclic) bond motifs is 2. The molecule has 0 bridgehead atoms. The third-order valence-electron chi connectivity index (χ3n) is 8.90. The molecule has 0 radical (unpaired) electrons. The van der Waals surface area contributed by atoms with Crippen molar-refractivity contribution in [1.82, 2.24) is 0 Å². The molecule has 242 valence electrons. The third kappa shape index (κ3) is 7.95. The van der Waals surface area contributed by atoms with Gasteiger partial charge in [0.25, 0.3) is 0 Å². The zero-order chi connectivity index (χ0) is 33.3. The first-order valence-electron chi connectivity index (χ1n) is 16.5. The topological polar surface area (TPSA) is 14.2 Å².